The molecule has 2 heteroatoms. The summed E-state index contributed by atoms with van der Waals surface area (Å²) in [6.07, 6.45) is 12.1. The zero-order chi connectivity index (χ0) is 16.2. The number of carboxylic acid groups (broad SMARTS) is 1. The standard InChI is InChI=1S/C20H30O2/c1-5-18(2)12-9-15-14(13-18)7-8-16-19(15,3)10-6-11-20(16,4)17(21)22/h5,13,15-16H,1,6-12H2,2-4H3,(H,21,22)/t15?,16?,18-,19?,20+/m1/s1. The van der Waals surface area contributed by atoms with Crippen molar-refractivity contribution >= 4 is 5.97 Å². The second-order valence-electron chi connectivity index (χ2n) is 8.69. The van der Waals surface area contributed by atoms with Gasteiger partial charge in [-0.25, -0.2) is 0 Å². The summed E-state index contributed by atoms with van der Waals surface area (Å²) in [6, 6.07) is 0. The van der Waals surface area contributed by atoms with Crippen molar-refractivity contribution in [2.24, 2.45) is 28.1 Å². The Morgan fingerprint density at radius 2 is 2.00 bits per heavy atom. The Labute approximate surface area is 134 Å². The van der Waals surface area contributed by atoms with Crippen molar-refractivity contribution < 1.29 is 9.90 Å². The molecule has 0 spiro atoms. The quantitative estimate of drug-likeness (QED) is 0.711. The molecule has 0 radical (unpaired) electrons. The Morgan fingerprint density at radius 1 is 1.27 bits per heavy atom. The molecule has 1 N–H and O–H groups in total. The molecular weight excluding hydrogens is 272 g/mol. The first-order valence-electron chi connectivity index (χ1n) is 8.84. The maximum absolute atomic E-state index is 12.0. The second kappa shape index (κ2) is 4.97. The molecule has 122 valence electrons. The molecule has 0 aromatic rings. The first-order chi connectivity index (χ1) is 10.3. The highest BCUT2D eigenvalue weighted by Gasteiger charge is 2.58. The van der Waals surface area contributed by atoms with E-state index in [9.17, 15) is 9.90 Å². The summed E-state index contributed by atoms with van der Waals surface area (Å²) in [5.41, 5.74) is 1.36. The molecule has 3 rings (SSSR count). The topological polar surface area (TPSA) is 37.3 Å². The number of carbonyl (C=O) groups is 1. The van der Waals surface area contributed by atoms with E-state index in [1.165, 1.54) is 12.8 Å². The maximum Gasteiger partial charge on any atom is 0.309 e. The minimum absolute atomic E-state index is 0.139. The number of rotatable bonds is 2. The molecule has 22 heavy (non-hydrogen) atoms. The smallest absolute Gasteiger partial charge is 0.309 e. The van der Waals surface area contributed by atoms with Crippen LogP contribution in [0.15, 0.2) is 24.3 Å². The molecular formula is C20H30O2. The third-order valence-electron chi connectivity index (χ3n) is 7.38. The molecule has 2 fully saturated rings. The van der Waals surface area contributed by atoms with E-state index in [0.29, 0.717) is 11.8 Å². The molecule has 0 bridgehead atoms. The van der Waals surface area contributed by atoms with Crippen LogP contribution in [0.2, 0.25) is 0 Å². The minimum Gasteiger partial charge on any atom is -0.481 e. The molecule has 0 aromatic carbocycles. The van der Waals surface area contributed by atoms with Crippen LogP contribution < -0.4 is 0 Å². The van der Waals surface area contributed by atoms with Gasteiger partial charge in [0.2, 0.25) is 0 Å². The van der Waals surface area contributed by atoms with E-state index in [-0.39, 0.29) is 10.8 Å². The third-order valence-corrected chi connectivity index (χ3v) is 7.38. The lowest BCUT2D eigenvalue weighted by Gasteiger charge is -2.59. The van der Waals surface area contributed by atoms with Crippen molar-refractivity contribution in [1.82, 2.24) is 0 Å². The van der Waals surface area contributed by atoms with Gasteiger partial charge in [-0.2, -0.15) is 0 Å². The van der Waals surface area contributed by atoms with Crippen LogP contribution in [-0.4, -0.2) is 11.1 Å². The molecule has 2 saturated carbocycles. The van der Waals surface area contributed by atoms with E-state index in [2.05, 4.69) is 32.6 Å². The number of fused-ring (bicyclic) bond motifs is 3. The fraction of sp³-hybridized carbons (Fsp3) is 0.750. The fourth-order valence-corrected chi connectivity index (χ4v) is 5.94. The molecule has 3 unspecified atom stereocenters. The van der Waals surface area contributed by atoms with Crippen LogP contribution in [0.1, 0.15) is 65.7 Å². The zero-order valence-corrected chi connectivity index (χ0v) is 14.3. The van der Waals surface area contributed by atoms with Crippen LogP contribution in [0, 0.1) is 28.1 Å². The number of allylic oxidation sites excluding steroid dienone is 3. The highest BCUT2D eigenvalue weighted by atomic mass is 16.4. The number of hydrogen-bond acceptors (Lipinski definition) is 1. The molecule has 2 nitrogen and oxygen atoms in total. The second-order valence-corrected chi connectivity index (χ2v) is 8.69. The summed E-state index contributed by atoms with van der Waals surface area (Å²) in [6.45, 7) is 10.7. The summed E-state index contributed by atoms with van der Waals surface area (Å²) in [4.78, 5) is 12.0. The van der Waals surface area contributed by atoms with Crippen molar-refractivity contribution in [3.63, 3.8) is 0 Å². The van der Waals surface area contributed by atoms with Crippen LogP contribution in [0.3, 0.4) is 0 Å². The van der Waals surface area contributed by atoms with Crippen LogP contribution in [0.25, 0.3) is 0 Å². The van der Waals surface area contributed by atoms with E-state index in [1.807, 2.05) is 6.92 Å². The molecule has 5 atom stereocenters. The van der Waals surface area contributed by atoms with Crippen molar-refractivity contribution in [2.45, 2.75) is 65.7 Å². The van der Waals surface area contributed by atoms with Gasteiger partial charge in [0.1, 0.15) is 0 Å². The Kier molecular flexibility index (Phi) is 3.58. The fourth-order valence-electron chi connectivity index (χ4n) is 5.94. The van der Waals surface area contributed by atoms with E-state index >= 15 is 0 Å². The largest absolute Gasteiger partial charge is 0.481 e. The molecule has 0 heterocycles. The molecule has 0 aliphatic heterocycles. The maximum atomic E-state index is 12.0. The van der Waals surface area contributed by atoms with Crippen LogP contribution in [-0.2, 0) is 4.79 Å². The highest BCUT2D eigenvalue weighted by Crippen LogP contribution is 2.63. The molecule has 0 saturated heterocycles. The van der Waals surface area contributed by atoms with Gasteiger partial charge in [-0.15, -0.1) is 6.58 Å². The Bertz CT molecular complexity index is 534. The van der Waals surface area contributed by atoms with Gasteiger partial charge in [0.25, 0.3) is 0 Å². The first kappa shape index (κ1) is 15.8. The Hall–Kier alpha value is -1.05. The van der Waals surface area contributed by atoms with Crippen LogP contribution in [0.4, 0.5) is 0 Å². The van der Waals surface area contributed by atoms with Crippen molar-refractivity contribution in [1.29, 1.82) is 0 Å². The van der Waals surface area contributed by atoms with Gasteiger partial charge in [-0.1, -0.05) is 38.0 Å². The lowest BCUT2D eigenvalue weighted by atomic mass is 9.45. The molecule has 3 aliphatic carbocycles. The summed E-state index contributed by atoms with van der Waals surface area (Å²) in [5.74, 6) is 0.322. The van der Waals surface area contributed by atoms with Crippen molar-refractivity contribution in [3.05, 3.63) is 24.3 Å². The van der Waals surface area contributed by atoms with E-state index in [0.717, 1.165) is 32.1 Å². The average molecular weight is 302 g/mol. The number of hydrogen-bond donors (Lipinski definition) is 1. The van der Waals surface area contributed by atoms with Gasteiger partial charge in [0, 0.05) is 5.41 Å². The highest BCUT2D eigenvalue weighted by molar-refractivity contribution is 5.75. The monoisotopic (exact) mass is 302 g/mol. The predicted octanol–water partition coefficient (Wildman–Crippen LogP) is 5.21. The molecule has 0 amide bonds. The summed E-state index contributed by atoms with van der Waals surface area (Å²) < 4.78 is 0. The normalized spacial score (nSPS) is 47.9. The third kappa shape index (κ3) is 2.10. The predicted molar refractivity (Wildman–Crippen MR) is 89.5 cm³/mol. The SMILES string of the molecule is C=C[C@@]1(C)C=C2CCC3C(C)(CCC[C@]3(C)C(=O)O)C2CC1. The average Bonchev–Trinajstić information content (AvgIpc) is 2.46. The van der Waals surface area contributed by atoms with E-state index in [1.54, 1.807) is 5.57 Å². The summed E-state index contributed by atoms with van der Waals surface area (Å²) >= 11 is 0. The van der Waals surface area contributed by atoms with Crippen molar-refractivity contribution in [3.8, 4) is 0 Å². The Balaban J connectivity index is 1.99. The zero-order valence-electron chi connectivity index (χ0n) is 14.3. The molecule has 0 aromatic heterocycles. The van der Waals surface area contributed by atoms with Gasteiger partial charge < -0.3 is 5.11 Å². The van der Waals surface area contributed by atoms with Gasteiger partial charge >= 0.3 is 5.97 Å². The van der Waals surface area contributed by atoms with E-state index in [4.69, 9.17) is 0 Å². The van der Waals surface area contributed by atoms with Gasteiger partial charge in [-0.3, -0.25) is 4.79 Å². The van der Waals surface area contributed by atoms with Gasteiger partial charge in [0.15, 0.2) is 0 Å². The van der Waals surface area contributed by atoms with Gasteiger partial charge in [-0.05, 0) is 62.7 Å². The minimum atomic E-state index is -0.581. The van der Waals surface area contributed by atoms with Gasteiger partial charge in [0.05, 0.1) is 5.41 Å². The Morgan fingerprint density at radius 3 is 2.64 bits per heavy atom. The van der Waals surface area contributed by atoms with Crippen LogP contribution in [0.5, 0.6) is 0 Å². The molecule has 3 aliphatic rings. The lowest BCUT2D eigenvalue weighted by Crippen LogP contribution is -2.54. The van der Waals surface area contributed by atoms with Crippen LogP contribution >= 0.6 is 0 Å². The number of aliphatic carboxylic acids is 1. The first-order valence-corrected chi connectivity index (χ1v) is 8.84. The van der Waals surface area contributed by atoms with E-state index < -0.39 is 11.4 Å². The summed E-state index contributed by atoms with van der Waals surface area (Å²) in [5, 5.41) is 9.84. The summed E-state index contributed by atoms with van der Waals surface area (Å²) in [7, 11) is 0. The number of carboxylic acids is 1. The van der Waals surface area contributed by atoms with Crippen molar-refractivity contribution in [2.75, 3.05) is 0 Å². The lowest BCUT2D eigenvalue weighted by molar-refractivity contribution is -0.164.